The number of non-ortho nitro benzene ring substituents is 1. The molecule has 0 saturated heterocycles. The first kappa shape index (κ1) is 17.4. The predicted octanol–water partition coefficient (Wildman–Crippen LogP) is 3.11. The van der Waals surface area contributed by atoms with Gasteiger partial charge in [-0.15, -0.1) is 0 Å². The van der Waals surface area contributed by atoms with Gasteiger partial charge in [-0.25, -0.2) is 8.42 Å². The number of hydrogen-bond acceptors (Lipinski definition) is 6. The normalized spacial score (nSPS) is 16.0. The summed E-state index contributed by atoms with van der Waals surface area (Å²) < 4.78 is 38.4. The van der Waals surface area contributed by atoms with E-state index in [4.69, 9.17) is 9.15 Å². The van der Waals surface area contributed by atoms with E-state index in [1.165, 1.54) is 29.8 Å². The van der Waals surface area contributed by atoms with Crippen molar-refractivity contribution >= 4 is 15.7 Å². The lowest BCUT2D eigenvalue weighted by molar-refractivity contribution is -0.385. The van der Waals surface area contributed by atoms with E-state index < -0.39 is 21.0 Å². The fourth-order valence-corrected chi connectivity index (χ4v) is 4.82. The maximum atomic E-state index is 13.3. The van der Waals surface area contributed by atoms with Gasteiger partial charge in [-0.2, -0.15) is 4.31 Å². The van der Waals surface area contributed by atoms with E-state index in [1.807, 2.05) is 0 Å². The highest BCUT2D eigenvalue weighted by Crippen LogP contribution is 2.41. The van der Waals surface area contributed by atoms with Crippen molar-refractivity contribution in [2.24, 2.45) is 0 Å². The van der Waals surface area contributed by atoms with Crippen LogP contribution < -0.4 is 4.74 Å². The minimum atomic E-state index is -4.02. The van der Waals surface area contributed by atoms with E-state index in [2.05, 4.69) is 0 Å². The summed E-state index contributed by atoms with van der Waals surface area (Å²) in [6.07, 6.45) is 2.96. The number of hydrogen-bond donors (Lipinski definition) is 0. The number of rotatable bonds is 7. The summed E-state index contributed by atoms with van der Waals surface area (Å²) in [5.41, 5.74) is -0.305. The lowest BCUT2D eigenvalue weighted by atomic mass is 10.2. The molecule has 0 N–H and O–H groups in total. The van der Waals surface area contributed by atoms with Gasteiger partial charge in [0.1, 0.15) is 16.4 Å². The molecule has 134 valence electrons. The zero-order valence-electron chi connectivity index (χ0n) is 13.8. The molecule has 1 aliphatic carbocycles. The molecule has 0 amide bonds. The van der Waals surface area contributed by atoms with E-state index in [1.54, 1.807) is 19.1 Å². The first-order chi connectivity index (χ1) is 11.9. The van der Waals surface area contributed by atoms with Gasteiger partial charge in [-0.1, -0.05) is 0 Å². The van der Waals surface area contributed by atoms with Gasteiger partial charge < -0.3 is 9.15 Å². The van der Waals surface area contributed by atoms with E-state index in [-0.39, 0.29) is 22.4 Å². The van der Waals surface area contributed by atoms with Crippen molar-refractivity contribution in [3.8, 4) is 5.75 Å². The van der Waals surface area contributed by atoms with Crippen LogP contribution in [0.15, 0.2) is 45.9 Å². The van der Waals surface area contributed by atoms with Gasteiger partial charge in [0.05, 0.1) is 24.3 Å². The number of benzene rings is 1. The van der Waals surface area contributed by atoms with Crippen molar-refractivity contribution in [2.45, 2.75) is 36.7 Å². The van der Waals surface area contributed by atoms with Gasteiger partial charge in [0.15, 0.2) is 0 Å². The molecule has 9 heteroatoms. The molecule has 1 heterocycles. The molecular formula is C16H18N2O6S. The Bertz CT molecular complexity index is 874. The Morgan fingerprint density at radius 3 is 2.60 bits per heavy atom. The molecule has 1 aromatic carbocycles. The molecule has 0 bridgehead atoms. The summed E-state index contributed by atoms with van der Waals surface area (Å²) in [6.45, 7) is 1.73. The molecule has 25 heavy (non-hydrogen) atoms. The standard InChI is InChI=1S/C16H18N2O6S/c1-11(14-4-3-9-24-14)17(12-5-6-12)25(21,22)16-10-13(18(19)20)7-8-15(16)23-2/h3-4,7-12H,5-6H2,1-2H3. The third-order valence-electron chi connectivity index (χ3n) is 4.16. The molecule has 3 rings (SSSR count). The molecule has 1 aliphatic rings. The molecule has 0 aliphatic heterocycles. The molecule has 2 aromatic rings. The van der Waals surface area contributed by atoms with Crippen LogP contribution >= 0.6 is 0 Å². The quantitative estimate of drug-likeness (QED) is 0.551. The fourth-order valence-electron chi connectivity index (χ4n) is 2.80. The van der Waals surface area contributed by atoms with Gasteiger partial charge in [0.25, 0.3) is 5.69 Å². The Balaban J connectivity index is 2.10. The molecule has 1 unspecified atom stereocenters. The van der Waals surface area contributed by atoms with E-state index in [0.717, 1.165) is 18.9 Å². The van der Waals surface area contributed by atoms with Crippen molar-refractivity contribution in [1.29, 1.82) is 0 Å². The summed E-state index contributed by atoms with van der Waals surface area (Å²) in [7, 11) is -2.69. The molecule has 1 saturated carbocycles. The van der Waals surface area contributed by atoms with Crippen molar-refractivity contribution in [2.75, 3.05) is 7.11 Å². The van der Waals surface area contributed by atoms with Crippen LogP contribution in [-0.2, 0) is 10.0 Å². The zero-order valence-corrected chi connectivity index (χ0v) is 14.6. The van der Waals surface area contributed by atoms with Crippen molar-refractivity contribution in [3.05, 3.63) is 52.5 Å². The SMILES string of the molecule is COc1ccc([N+](=O)[O-])cc1S(=O)(=O)N(C1CC1)C(C)c1ccco1. The van der Waals surface area contributed by atoms with Crippen LogP contribution in [0.1, 0.15) is 31.6 Å². The Morgan fingerprint density at radius 2 is 2.08 bits per heavy atom. The highest BCUT2D eigenvalue weighted by molar-refractivity contribution is 7.89. The average molecular weight is 366 g/mol. The first-order valence-electron chi connectivity index (χ1n) is 7.75. The molecule has 1 aromatic heterocycles. The average Bonchev–Trinajstić information content (AvgIpc) is 3.24. The van der Waals surface area contributed by atoms with Crippen LogP contribution in [0.3, 0.4) is 0 Å². The summed E-state index contributed by atoms with van der Waals surface area (Å²) in [5.74, 6) is 0.586. The third-order valence-corrected chi connectivity index (χ3v) is 6.20. The van der Waals surface area contributed by atoms with E-state index in [0.29, 0.717) is 5.76 Å². The lowest BCUT2D eigenvalue weighted by Gasteiger charge is -2.27. The van der Waals surface area contributed by atoms with Gasteiger partial charge in [0, 0.05) is 18.2 Å². The summed E-state index contributed by atoms with van der Waals surface area (Å²) in [6, 6.07) is 6.27. The van der Waals surface area contributed by atoms with Crippen molar-refractivity contribution in [3.63, 3.8) is 0 Å². The summed E-state index contributed by atoms with van der Waals surface area (Å²) >= 11 is 0. The van der Waals surface area contributed by atoms with Crippen molar-refractivity contribution < 1.29 is 22.5 Å². The Morgan fingerprint density at radius 1 is 1.36 bits per heavy atom. The number of furan rings is 1. The number of methoxy groups -OCH3 is 1. The largest absolute Gasteiger partial charge is 0.495 e. The highest BCUT2D eigenvalue weighted by Gasteiger charge is 2.43. The molecule has 1 fully saturated rings. The Labute approximate surface area is 145 Å². The second kappa shape index (κ2) is 6.49. The fraction of sp³-hybridized carbons (Fsp3) is 0.375. The van der Waals surface area contributed by atoms with Crippen molar-refractivity contribution in [1.82, 2.24) is 4.31 Å². The van der Waals surface area contributed by atoms with E-state index >= 15 is 0 Å². The van der Waals surface area contributed by atoms with Crippen LogP contribution in [0, 0.1) is 10.1 Å². The minimum absolute atomic E-state index is 0.0721. The highest BCUT2D eigenvalue weighted by atomic mass is 32.2. The minimum Gasteiger partial charge on any atom is -0.495 e. The molecular weight excluding hydrogens is 348 g/mol. The predicted molar refractivity (Wildman–Crippen MR) is 88.8 cm³/mol. The first-order valence-corrected chi connectivity index (χ1v) is 9.19. The van der Waals surface area contributed by atoms with Gasteiger partial charge in [0.2, 0.25) is 10.0 Å². The van der Waals surface area contributed by atoms with Gasteiger partial charge in [-0.3, -0.25) is 10.1 Å². The number of ether oxygens (including phenoxy) is 1. The van der Waals surface area contributed by atoms with Crippen LogP contribution in [0.4, 0.5) is 5.69 Å². The molecule has 8 nitrogen and oxygen atoms in total. The van der Waals surface area contributed by atoms with Crippen LogP contribution in [0.25, 0.3) is 0 Å². The van der Waals surface area contributed by atoms with Crippen LogP contribution in [0.5, 0.6) is 5.75 Å². The smallest absolute Gasteiger partial charge is 0.271 e. The third kappa shape index (κ3) is 3.24. The second-order valence-corrected chi connectivity index (χ2v) is 7.66. The number of nitro groups is 1. The molecule has 0 radical (unpaired) electrons. The summed E-state index contributed by atoms with van der Waals surface area (Å²) in [5, 5.41) is 11.1. The number of nitrogens with zero attached hydrogens (tertiary/aromatic N) is 2. The lowest BCUT2D eigenvalue weighted by Crippen LogP contribution is -2.35. The summed E-state index contributed by atoms with van der Waals surface area (Å²) in [4.78, 5) is 10.2. The Kier molecular flexibility index (Phi) is 4.53. The molecule has 1 atom stereocenters. The topological polar surface area (TPSA) is 103 Å². The molecule has 0 spiro atoms. The number of nitro benzene ring substituents is 1. The maximum Gasteiger partial charge on any atom is 0.271 e. The zero-order chi connectivity index (χ0) is 18.2. The van der Waals surface area contributed by atoms with Gasteiger partial charge >= 0.3 is 0 Å². The Hall–Kier alpha value is -2.39. The maximum absolute atomic E-state index is 13.3. The second-order valence-electron chi connectivity index (χ2n) is 5.85. The monoisotopic (exact) mass is 366 g/mol. The van der Waals surface area contributed by atoms with Crippen LogP contribution in [-0.4, -0.2) is 30.8 Å². The van der Waals surface area contributed by atoms with Crippen LogP contribution in [0.2, 0.25) is 0 Å². The van der Waals surface area contributed by atoms with Gasteiger partial charge in [-0.05, 0) is 38.0 Å². The van der Waals surface area contributed by atoms with E-state index in [9.17, 15) is 18.5 Å². The number of sulfonamides is 1.